The van der Waals surface area contributed by atoms with Gasteiger partial charge >= 0.3 is 0 Å². The minimum Gasteiger partial charge on any atom is -0.351 e. The molecule has 0 aliphatic rings. The molecule has 0 saturated heterocycles. The first-order chi connectivity index (χ1) is 13.2. The minimum absolute atomic E-state index is 0.497. The predicted octanol–water partition coefficient (Wildman–Crippen LogP) is 4.81. The molecule has 6 nitrogen and oxygen atoms in total. The van der Waals surface area contributed by atoms with E-state index in [1.165, 1.54) is 0 Å². The van der Waals surface area contributed by atoms with Crippen LogP contribution in [0.5, 0.6) is 0 Å². The highest BCUT2D eigenvalue weighted by molar-refractivity contribution is 6.30. The molecule has 0 spiro atoms. The predicted molar refractivity (Wildman–Crippen MR) is 110 cm³/mol. The molecule has 2 N–H and O–H groups in total. The zero-order chi connectivity index (χ0) is 18.6. The number of nitrogens with zero attached hydrogens (tertiary/aromatic N) is 4. The van der Waals surface area contributed by atoms with Crippen LogP contribution in [0.2, 0.25) is 5.02 Å². The van der Waals surface area contributed by atoms with Gasteiger partial charge < -0.3 is 10.6 Å². The first-order valence-corrected chi connectivity index (χ1v) is 8.81. The first-order valence-electron chi connectivity index (χ1n) is 8.43. The molecular weight excluding hydrogens is 360 g/mol. The van der Waals surface area contributed by atoms with Crippen LogP contribution in [0, 0.1) is 0 Å². The van der Waals surface area contributed by atoms with Crippen molar-refractivity contribution in [2.45, 2.75) is 0 Å². The van der Waals surface area contributed by atoms with E-state index in [-0.39, 0.29) is 0 Å². The van der Waals surface area contributed by atoms with Gasteiger partial charge in [-0.1, -0.05) is 35.9 Å². The summed E-state index contributed by atoms with van der Waals surface area (Å²) in [4.78, 5) is 9.23. The molecule has 0 fully saturated rings. The van der Waals surface area contributed by atoms with E-state index in [2.05, 4.69) is 32.3 Å². The van der Waals surface area contributed by atoms with Gasteiger partial charge in [-0.05, 0) is 36.4 Å². The summed E-state index contributed by atoms with van der Waals surface area (Å²) in [6, 6.07) is 17.3. The highest BCUT2D eigenvalue weighted by Gasteiger charge is 2.14. The summed E-state index contributed by atoms with van der Waals surface area (Å²) in [5.74, 6) is 1.16. The highest BCUT2D eigenvalue weighted by Crippen LogP contribution is 2.27. The number of rotatable bonds is 6. The Morgan fingerprint density at radius 1 is 1.04 bits per heavy atom. The molecule has 0 radical (unpaired) electrons. The molecule has 0 saturated carbocycles. The lowest BCUT2D eigenvalue weighted by Crippen LogP contribution is -2.07. The molecule has 27 heavy (non-hydrogen) atoms. The van der Waals surface area contributed by atoms with Crippen LogP contribution in [0.15, 0.2) is 73.4 Å². The second-order valence-corrected chi connectivity index (χ2v) is 6.26. The summed E-state index contributed by atoms with van der Waals surface area (Å²) >= 11 is 5.98. The van der Waals surface area contributed by atoms with Gasteiger partial charge in [0.2, 0.25) is 5.95 Å². The van der Waals surface area contributed by atoms with Gasteiger partial charge in [-0.3, -0.25) is 0 Å². The average Bonchev–Trinajstić information content (AvgIpc) is 3.13. The molecule has 2 heterocycles. The fourth-order valence-corrected chi connectivity index (χ4v) is 2.80. The molecule has 0 aliphatic carbocycles. The van der Waals surface area contributed by atoms with Crippen molar-refractivity contribution < 1.29 is 0 Å². The van der Waals surface area contributed by atoms with E-state index in [1.807, 2.05) is 54.6 Å². The van der Waals surface area contributed by atoms with Gasteiger partial charge in [0.1, 0.15) is 5.82 Å². The summed E-state index contributed by atoms with van der Waals surface area (Å²) in [6.07, 6.45) is 3.52. The monoisotopic (exact) mass is 376 g/mol. The Balaban J connectivity index is 1.82. The maximum absolute atomic E-state index is 5.98. The molecule has 2 aromatic carbocycles. The molecule has 134 valence electrons. The van der Waals surface area contributed by atoms with E-state index >= 15 is 0 Å². The molecule has 0 bridgehead atoms. The second-order valence-electron chi connectivity index (χ2n) is 5.83. The highest BCUT2D eigenvalue weighted by atomic mass is 35.5. The Labute approximate surface area is 161 Å². The molecule has 0 aliphatic heterocycles. The van der Waals surface area contributed by atoms with E-state index in [9.17, 15) is 0 Å². The van der Waals surface area contributed by atoms with Gasteiger partial charge in [-0.25, -0.2) is 4.68 Å². The van der Waals surface area contributed by atoms with Crippen LogP contribution < -0.4 is 10.6 Å². The molecule has 4 rings (SSSR count). The van der Waals surface area contributed by atoms with E-state index in [4.69, 9.17) is 11.6 Å². The summed E-state index contributed by atoms with van der Waals surface area (Å²) in [5, 5.41) is 12.5. The Morgan fingerprint density at radius 2 is 1.81 bits per heavy atom. The molecule has 0 unspecified atom stereocenters. The number of hydrogen-bond acceptors (Lipinski definition) is 5. The fraction of sp³-hybridized carbons (Fsp3) is 0.0500. The van der Waals surface area contributed by atoms with Crippen LogP contribution in [0.3, 0.4) is 0 Å². The number of aromatic nitrogens is 4. The van der Waals surface area contributed by atoms with Crippen molar-refractivity contribution in [1.82, 2.24) is 19.7 Å². The fourth-order valence-electron chi connectivity index (χ4n) is 2.67. The van der Waals surface area contributed by atoms with Crippen molar-refractivity contribution in [3.63, 3.8) is 0 Å². The lowest BCUT2D eigenvalue weighted by molar-refractivity contribution is 0.895. The van der Waals surface area contributed by atoms with Gasteiger partial charge in [-0.2, -0.15) is 15.1 Å². The quantitative estimate of drug-likeness (QED) is 0.472. The molecule has 4 aromatic rings. The van der Waals surface area contributed by atoms with Crippen molar-refractivity contribution in [3.8, 4) is 5.69 Å². The van der Waals surface area contributed by atoms with Crippen LogP contribution in [0.1, 0.15) is 0 Å². The number of hydrogen-bond donors (Lipinski definition) is 2. The number of benzene rings is 2. The van der Waals surface area contributed by atoms with E-state index < -0.39 is 0 Å². The summed E-state index contributed by atoms with van der Waals surface area (Å²) in [7, 11) is 0. The van der Waals surface area contributed by atoms with Crippen molar-refractivity contribution in [1.29, 1.82) is 0 Å². The van der Waals surface area contributed by atoms with Crippen LogP contribution >= 0.6 is 11.6 Å². The van der Waals surface area contributed by atoms with Gasteiger partial charge in [0, 0.05) is 17.3 Å². The smallest absolute Gasteiger partial charge is 0.226 e. The number of nitrogens with one attached hydrogen (secondary N) is 2. The molecule has 0 amide bonds. The molecule has 2 aromatic heterocycles. The standard InChI is InChI=1S/C20H17ClN6/c1-2-12-22-20-25-18(24-15-10-8-14(21)9-11-15)17-13-23-27(19(17)26-20)16-6-4-3-5-7-16/h2-11,13H,1,12H2,(H2,22,24,25,26). The van der Waals surface area contributed by atoms with Crippen LogP contribution in [-0.4, -0.2) is 26.3 Å². The SMILES string of the molecule is C=CCNc1nc(Nc2ccc(Cl)cc2)c2cnn(-c3ccccc3)c2n1. The summed E-state index contributed by atoms with van der Waals surface area (Å²) < 4.78 is 1.79. The van der Waals surface area contributed by atoms with E-state index in [1.54, 1.807) is 17.0 Å². The van der Waals surface area contributed by atoms with E-state index in [0.29, 0.717) is 29.0 Å². The summed E-state index contributed by atoms with van der Waals surface area (Å²) in [6.45, 7) is 4.29. The van der Waals surface area contributed by atoms with Gasteiger partial charge in [0.25, 0.3) is 0 Å². The Kier molecular flexibility index (Phi) is 4.72. The Bertz CT molecular complexity index is 1070. The molecular formula is C20H17ClN6. The third-order valence-corrected chi connectivity index (χ3v) is 4.19. The largest absolute Gasteiger partial charge is 0.351 e. The van der Waals surface area contributed by atoms with Crippen LogP contribution in [-0.2, 0) is 0 Å². The molecule has 7 heteroatoms. The average molecular weight is 377 g/mol. The second kappa shape index (κ2) is 7.47. The van der Waals surface area contributed by atoms with Crippen LogP contribution in [0.25, 0.3) is 16.7 Å². The minimum atomic E-state index is 0.497. The van der Waals surface area contributed by atoms with E-state index in [0.717, 1.165) is 16.8 Å². The number of para-hydroxylation sites is 1. The normalized spacial score (nSPS) is 10.7. The van der Waals surface area contributed by atoms with Crippen LogP contribution in [0.4, 0.5) is 17.5 Å². The van der Waals surface area contributed by atoms with Crippen molar-refractivity contribution in [3.05, 3.63) is 78.5 Å². The van der Waals surface area contributed by atoms with Crippen molar-refractivity contribution in [2.24, 2.45) is 0 Å². The Hall–Kier alpha value is -3.38. The lowest BCUT2D eigenvalue weighted by atomic mass is 10.3. The Morgan fingerprint density at radius 3 is 2.56 bits per heavy atom. The first kappa shape index (κ1) is 17.1. The van der Waals surface area contributed by atoms with Gasteiger partial charge in [0.05, 0.1) is 17.3 Å². The summed E-state index contributed by atoms with van der Waals surface area (Å²) in [5.41, 5.74) is 2.51. The number of fused-ring (bicyclic) bond motifs is 1. The topological polar surface area (TPSA) is 67.7 Å². The maximum atomic E-state index is 5.98. The lowest BCUT2D eigenvalue weighted by Gasteiger charge is -2.10. The zero-order valence-electron chi connectivity index (χ0n) is 14.4. The third kappa shape index (κ3) is 3.61. The maximum Gasteiger partial charge on any atom is 0.226 e. The van der Waals surface area contributed by atoms with Crippen molar-refractivity contribution >= 4 is 40.1 Å². The molecule has 0 atom stereocenters. The van der Waals surface area contributed by atoms with Gasteiger partial charge in [0.15, 0.2) is 5.65 Å². The zero-order valence-corrected chi connectivity index (χ0v) is 15.2. The van der Waals surface area contributed by atoms with Gasteiger partial charge in [-0.15, -0.1) is 6.58 Å². The number of anilines is 3. The number of halogens is 1. The third-order valence-electron chi connectivity index (χ3n) is 3.94. The van der Waals surface area contributed by atoms with Crippen molar-refractivity contribution in [2.75, 3.05) is 17.2 Å².